The molecule has 0 amide bonds. The minimum atomic E-state index is -3.81. The van der Waals surface area contributed by atoms with Crippen LogP contribution >= 0.6 is 15.9 Å². The third kappa shape index (κ3) is 3.86. The number of halogens is 3. The first kappa shape index (κ1) is 19.4. The highest BCUT2D eigenvalue weighted by Crippen LogP contribution is 2.36. The van der Waals surface area contributed by atoms with Crippen LogP contribution in [-0.4, -0.2) is 25.4 Å². The van der Waals surface area contributed by atoms with E-state index in [9.17, 15) is 22.3 Å². The Balaban J connectivity index is 2.12. The van der Waals surface area contributed by atoms with Crippen molar-refractivity contribution in [2.75, 3.05) is 10.5 Å². The zero-order valence-corrected chi connectivity index (χ0v) is 16.4. The molecular weight excluding hydrogens is 444 g/mol. The molecule has 0 atom stereocenters. The fourth-order valence-corrected chi connectivity index (χ4v) is 4.03. The molecule has 0 spiro atoms. The summed E-state index contributed by atoms with van der Waals surface area (Å²) in [4.78, 5) is 7.98. The van der Waals surface area contributed by atoms with E-state index in [1.54, 1.807) is 13.0 Å². The molecule has 0 aliphatic carbocycles. The molecule has 0 radical (unpaired) electrons. The second kappa shape index (κ2) is 7.35. The van der Waals surface area contributed by atoms with Crippen molar-refractivity contribution in [2.24, 2.45) is 4.99 Å². The van der Waals surface area contributed by atoms with Crippen LogP contribution < -0.4 is 9.83 Å². The largest absolute Gasteiger partial charge is 0.871 e. The number of aliphatic imine (C=N–C) groups is 1. The minimum Gasteiger partial charge on any atom is -0.871 e. The molecule has 10 heteroatoms. The number of fused-ring (bicyclic) bond motifs is 1. The van der Waals surface area contributed by atoms with Gasteiger partial charge in [-0.2, -0.15) is 0 Å². The number of rotatable bonds is 5. The predicted octanol–water partition coefficient (Wildman–Crippen LogP) is 3.22. The van der Waals surface area contributed by atoms with Gasteiger partial charge in [0.2, 0.25) is 10.0 Å². The molecule has 0 saturated carbocycles. The number of benzene rings is 1. The number of aromatic nitrogens is 1. The van der Waals surface area contributed by atoms with E-state index < -0.39 is 38.7 Å². The minimum absolute atomic E-state index is 0.0369. The zero-order valence-electron chi connectivity index (χ0n) is 14.0. The van der Waals surface area contributed by atoms with Crippen molar-refractivity contribution in [1.82, 2.24) is 4.98 Å². The number of hydrogen-bond acceptors (Lipinski definition) is 5. The number of nitrogens with zero attached hydrogens (tertiary/aromatic N) is 2. The molecule has 1 aliphatic rings. The average molecular weight is 457 g/mol. The normalized spacial score (nSPS) is 15.0. The Labute approximate surface area is 162 Å². The topological polar surface area (TPSA) is 94.5 Å². The predicted molar refractivity (Wildman–Crippen MR) is 101 cm³/mol. The fourth-order valence-electron chi connectivity index (χ4n) is 2.57. The third-order valence-electron chi connectivity index (χ3n) is 3.74. The summed E-state index contributed by atoms with van der Waals surface area (Å²) in [6, 6.07) is 3.34. The van der Waals surface area contributed by atoms with Gasteiger partial charge in [-0.1, -0.05) is 12.7 Å². The highest BCUT2D eigenvalue weighted by molar-refractivity contribution is 9.10. The van der Waals surface area contributed by atoms with Gasteiger partial charge in [0.25, 0.3) is 0 Å². The van der Waals surface area contributed by atoms with Crippen LogP contribution in [0.4, 0.5) is 20.3 Å². The number of allylic oxidation sites excluding steroid dienone is 1. The highest BCUT2D eigenvalue weighted by Gasteiger charge is 2.21. The first-order chi connectivity index (χ1) is 12.7. The van der Waals surface area contributed by atoms with Crippen molar-refractivity contribution in [2.45, 2.75) is 13.3 Å². The van der Waals surface area contributed by atoms with Crippen molar-refractivity contribution in [3.8, 4) is 0 Å². The van der Waals surface area contributed by atoms with Crippen molar-refractivity contribution in [1.29, 1.82) is 0 Å². The lowest BCUT2D eigenvalue weighted by molar-refractivity contribution is -0.243. The molecule has 142 valence electrons. The molecule has 1 N–H and O–H groups in total. The van der Waals surface area contributed by atoms with E-state index in [-0.39, 0.29) is 17.1 Å². The molecule has 0 unspecified atom stereocenters. The number of sulfonamides is 1. The van der Waals surface area contributed by atoms with Crippen molar-refractivity contribution >= 4 is 55.0 Å². The standard InChI is InChI=1S/C17H14BrF2N3O3S/c1-2-5-27(25,26)23-13-4-3-12(19)14(15(13)20)16(24)11-8-22-17-10(11)6-9(18)7-21-17/h3-4,6-8,23-24H,2,5H2,1H3/p-1. The average Bonchev–Trinajstić information content (AvgIpc) is 3.00. The molecule has 2 heterocycles. The van der Waals surface area contributed by atoms with E-state index in [0.29, 0.717) is 16.5 Å². The van der Waals surface area contributed by atoms with Gasteiger partial charge in [-0.3, -0.25) is 4.72 Å². The summed E-state index contributed by atoms with van der Waals surface area (Å²) < 4.78 is 55.4. The summed E-state index contributed by atoms with van der Waals surface area (Å²) in [7, 11) is -3.81. The van der Waals surface area contributed by atoms with Crippen molar-refractivity contribution in [3.05, 3.63) is 51.6 Å². The lowest BCUT2D eigenvalue weighted by Crippen LogP contribution is -2.18. The zero-order chi connectivity index (χ0) is 19.8. The van der Waals surface area contributed by atoms with Gasteiger partial charge in [-0.25, -0.2) is 27.2 Å². The van der Waals surface area contributed by atoms with Gasteiger partial charge in [0.15, 0.2) is 11.6 Å². The highest BCUT2D eigenvalue weighted by atomic mass is 79.9. The van der Waals surface area contributed by atoms with E-state index in [4.69, 9.17) is 0 Å². The van der Waals surface area contributed by atoms with Gasteiger partial charge in [-0.15, -0.1) is 0 Å². The maximum atomic E-state index is 14.8. The number of anilines is 1. The summed E-state index contributed by atoms with van der Waals surface area (Å²) in [6.07, 6.45) is 2.98. The monoisotopic (exact) mass is 456 g/mol. The summed E-state index contributed by atoms with van der Waals surface area (Å²) >= 11 is 3.22. The van der Waals surface area contributed by atoms with Gasteiger partial charge in [0.1, 0.15) is 5.82 Å². The number of hydrogen-bond donors (Lipinski definition) is 1. The maximum Gasteiger partial charge on any atom is 0.232 e. The van der Waals surface area contributed by atoms with Crippen LogP contribution in [0.15, 0.2) is 33.9 Å². The third-order valence-corrected chi connectivity index (χ3v) is 5.65. The maximum absolute atomic E-state index is 14.8. The quantitative estimate of drug-likeness (QED) is 0.698. The van der Waals surface area contributed by atoms with Gasteiger partial charge in [0, 0.05) is 28.0 Å². The van der Waals surface area contributed by atoms with Crippen molar-refractivity contribution in [3.63, 3.8) is 0 Å². The lowest BCUT2D eigenvalue weighted by Gasteiger charge is -2.19. The molecule has 1 aliphatic heterocycles. The molecular formula is C17H13BrF2N3O3S-. The molecule has 0 bridgehead atoms. The summed E-state index contributed by atoms with van der Waals surface area (Å²) in [5.41, 5.74) is -1.06. The molecule has 1 aromatic carbocycles. The van der Waals surface area contributed by atoms with E-state index in [1.807, 2.05) is 4.72 Å². The van der Waals surface area contributed by atoms with Crippen LogP contribution in [0.25, 0.3) is 11.3 Å². The van der Waals surface area contributed by atoms with Crippen LogP contribution in [0.1, 0.15) is 24.5 Å². The Kier molecular flexibility index (Phi) is 5.29. The first-order valence-electron chi connectivity index (χ1n) is 7.83. The Morgan fingerprint density at radius 3 is 2.78 bits per heavy atom. The van der Waals surface area contributed by atoms with Crippen LogP contribution in [0.3, 0.4) is 0 Å². The molecule has 1 aromatic heterocycles. The van der Waals surface area contributed by atoms with Crippen LogP contribution in [-0.2, 0) is 10.0 Å². The SMILES string of the molecule is CCCS(=O)(=O)Nc1ccc(F)c(C([O-])=C2C=Nc3ncc(Br)cc32)c1F. The van der Waals surface area contributed by atoms with Gasteiger partial charge < -0.3 is 5.11 Å². The summed E-state index contributed by atoms with van der Waals surface area (Å²) in [6.45, 7) is 1.65. The molecule has 2 aromatic rings. The van der Waals surface area contributed by atoms with Gasteiger partial charge in [-0.05, 0) is 46.1 Å². The van der Waals surface area contributed by atoms with E-state index in [1.165, 1.54) is 12.4 Å². The second-order valence-corrected chi connectivity index (χ2v) is 8.49. The second-order valence-electron chi connectivity index (χ2n) is 5.73. The van der Waals surface area contributed by atoms with E-state index in [2.05, 4.69) is 25.9 Å². The van der Waals surface area contributed by atoms with Gasteiger partial charge >= 0.3 is 0 Å². The lowest BCUT2D eigenvalue weighted by atomic mass is 10.0. The van der Waals surface area contributed by atoms with Crippen molar-refractivity contribution < 1.29 is 22.3 Å². The fraction of sp³-hybridized carbons (Fsp3) is 0.176. The molecule has 27 heavy (non-hydrogen) atoms. The molecule has 0 saturated heterocycles. The smallest absolute Gasteiger partial charge is 0.232 e. The number of nitrogens with one attached hydrogen (secondary N) is 1. The van der Waals surface area contributed by atoms with E-state index in [0.717, 1.165) is 12.1 Å². The van der Waals surface area contributed by atoms with Crippen LogP contribution in [0.2, 0.25) is 0 Å². The molecule has 3 rings (SSSR count). The Bertz CT molecular complexity index is 1090. The van der Waals surface area contributed by atoms with Crippen LogP contribution in [0.5, 0.6) is 0 Å². The number of pyridine rings is 1. The molecule has 0 fully saturated rings. The van der Waals surface area contributed by atoms with E-state index >= 15 is 0 Å². The first-order valence-corrected chi connectivity index (χ1v) is 10.3. The summed E-state index contributed by atoms with van der Waals surface area (Å²) in [5.74, 6) is -3.32. The molecule has 6 nitrogen and oxygen atoms in total. The van der Waals surface area contributed by atoms with Crippen LogP contribution in [0, 0.1) is 11.6 Å². The Morgan fingerprint density at radius 2 is 2.07 bits per heavy atom. The Morgan fingerprint density at radius 1 is 1.33 bits per heavy atom. The van der Waals surface area contributed by atoms with Gasteiger partial charge in [0.05, 0.1) is 11.4 Å². The Hall–Kier alpha value is -2.33. The summed E-state index contributed by atoms with van der Waals surface area (Å²) in [5, 5.41) is 12.8.